The van der Waals surface area contributed by atoms with E-state index in [9.17, 15) is 4.79 Å². The predicted molar refractivity (Wildman–Crippen MR) is 67.6 cm³/mol. The highest BCUT2D eigenvalue weighted by Crippen LogP contribution is 2.12. The lowest BCUT2D eigenvalue weighted by Gasteiger charge is -2.15. The van der Waals surface area contributed by atoms with Gasteiger partial charge in [0.2, 0.25) is 0 Å². The Bertz CT molecular complexity index is 326. The molecular formula is C10H19N5O2. The lowest BCUT2D eigenvalue weighted by atomic mass is 10.3. The van der Waals surface area contributed by atoms with Gasteiger partial charge in [0.25, 0.3) is 0 Å². The second-order valence-corrected chi connectivity index (χ2v) is 3.13. The Balaban J connectivity index is 0.000000557. The number of benzene rings is 1. The molecule has 1 aromatic rings. The Hall–Kier alpha value is -1.83. The number of rotatable bonds is 2. The third kappa shape index (κ3) is 5.71. The minimum Gasteiger partial charge on any atom is -0.399 e. The third-order valence-corrected chi connectivity index (χ3v) is 1.74. The second kappa shape index (κ2) is 8.34. The SMILES string of the molecule is CCCO.NNC(=O)N(N)c1ccc(N)cc1. The second-order valence-electron chi connectivity index (χ2n) is 3.13. The molecule has 17 heavy (non-hydrogen) atoms. The molecule has 1 aromatic carbocycles. The molecule has 7 heteroatoms. The monoisotopic (exact) mass is 241 g/mol. The molecule has 0 aliphatic heterocycles. The zero-order valence-electron chi connectivity index (χ0n) is 9.76. The van der Waals surface area contributed by atoms with E-state index in [2.05, 4.69) is 0 Å². The van der Waals surface area contributed by atoms with Gasteiger partial charge < -0.3 is 10.8 Å². The molecular weight excluding hydrogens is 222 g/mol. The first-order valence-corrected chi connectivity index (χ1v) is 5.08. The van der Waals surface area contributed by atoms with Gasteiger partial charge in [-0.25, -0.2) is 21.5 Å². The van der Waals surface area contributed by atoms with Crippen molar-refractivity contribution in [1.29, 1.82) is 0 Å². The van der Waals surface area contributed by atoms with E-state index in [4.69, 9.17) is 22.5 Å². The standard InChI is InChI=1S/C7H11N5O.C3H8O/c8-5-1-3-6(4-2-5)12(10)7(13)11-9;1-2-3-4/h1-4H,8-10H2,(H,11,13);4H,2-3H2,1H3. The minimum atomic E-state index is -0.593. The van der Waals surface area contributed by atoms with Crippen molar-refractivity contribution in [3.63, 3.8) is 0 Å². The summed E-state index contributed by atoms with van der Waals surface area (Å²) in [7, 11) is 0. The van der Waals surface area contributed by atoms with Crippen molar-refractivity contribution >= 4 is 17.4 Å². The van der Waals surface area contributed by atoms with Crippen LogP contribution in [0.15, 0.2) is 24.3 Å². The number of hydrogen-bond donors (Lipinski definition) is 5. The highest BCUT2D eigenvalue weighted by molar-refractivity contribution is 5.90. The molecule has 0 saturated carbocycles. The number of hydrogen-bond acceptors (Lipinski definition) is 5. The van der Waals surface area contributed by atoms with E-state index in [1.54, 1.807) is 24.3 Å². The van der Waals surface area contributed by atoms with Crippen LogP contribution in [0.4, 0.5) is 16.2 Å². The third-order valence-electron chi connectivity index (χ3n) is 1.74. The van der Waals surface area contributed by atoms with Gasteiger partial charge in [0, 0.05) is 12.3 Å². The van der Waals surface area contributed by atoms with Crippen LogP contribution in [0.2, 0.25) is 0 Å². The van der Waals surface area contributed by atoms with Gasteiger partial charge in [0.1, 0.15) is 0 Å². The molecule has 0 saturated heterocycles. The molecule has 0 aromatic heterocycles. The summed E-state index contributed by atoms with van der Waals surface area (Å²) in [6, 6.07) is 5.91. The number of nitrogen functional groups attached to an aromatic ring is 1. The molecule has 0 bridgehead atoms. The molecule has 7 nitrogen and oxygen atoms in total. The highest BCUT2D eigenvalue weighted by atomic mass is 16.2. The van der Waals surface area contributed by atoms with Crippen LogP contribution < -0.4 is 27.9 Å². The Morgan fingerprint density at radius 2 is 1.88 bits per heavy atom. The van der Waals surface area contributed by atoms with Crippen LogP contribution in [0.1, 0.15) is 13.3 Å². The molecule has 0 spiro atoms. The molecule has 8 N–H and O–H groups in total. The lowest BCUT2D eigenvalue weighted by molar-refractivity contribution is 0.246. The lowest BCUT2D eigenvalue weighted by Crippen LogP contribution is -2.47. The summed E-state index contributed by atoms with van der Waals surface area (Å²) in [4.78, 5) is 10.9. The summed E-state index contributed by atoms with van der Waals surface area (Å²) >= 11 is 0. The molecule has 96 valence electrons. The number of urea groups is 1. The number of hydrazine groups is 2. The first-order valence-electron chi connectivity index (χ1n) is 5.08. The largest absolute Gasteiger partial charge is 0.399 e. The van der Waals surface area contributed by atoms with E-state index in [-0.39, 0.29) is 0 Å². The Kier molecular flexibility index (Phi) is 7.44. The van der Waals surface area contributed by atoms with Crippen LogP contribution in [-0.2, 0) is 0 Å². The van der Waals surface area contributed by atoms with E-state index >= 15 is 0 Å². The average Bonchev–Trinajstić information content (AvgIpc) is 2.38. The molecule has 1 rings (SSSR count). The summed E-state index contributed by atoms with van der Waals surface area (Å²) < 4.78 is 0. The van der Waals surface area contributed by atoms with Gasteiger partial charge in [-0.15, -0.1) is 0 Å². The number of carbonyl (C=O) groups excluding carboxylic acids is 1. The summed E-state index contributed by atoms with van der Waals surface area (Å²) in [5.74, 6) is 10.3. The maximum atomic E-state index is 10.9. The zero-order chi connectivity index (χ0) is 13.3. The van der Waals surface area contributed by atoms with E-state index in [0.29, 0.717) is 18.0 Å². The number of amides is 2. The van der Waals surface area contributed by atoms with E-state index < -0.39 is 6.03 Å². The molecule has 0 unspecified atom stereocenters. The maximum absolute atomic E-state index is 10.9. The summed E-state index contributed by atoms with van der Waals surface area (Å²) in [5.41, 5.74) is 8.47. The first kappa shape index (κ1) is 15.2. The van der Waals surface area contributed by atoms with Crippen molar-refractivity contribution in [3.8, 4) is 0 Å². The number of aliphatic hydroxyl groups is 1. The highest BCUT2D eigenvalue weighted by Gasteiger charge is 2.08. The number of anilines is 2. The molecule has 0 radical (unpaired) electrons. The van der Waals surface area contributed by atoms with E-state index in [0.717, 1.165) is 11.4 Å². The Morgan fingerprint density at radius 1 is 1.41 bits per heavy atom. The Labute approximate surface area is 100 Å². The average molecular weight is 241 g/mol. The van der Waals surface area contributed by atoms with Crippen LogP contribution in [0.5, 0.6) is 0 Å². The Morgan fingerprint density at radius 3 is 2.24 bits per heavy atom. The van der Waals surface area contributed by atoms with E-state index in [1.165, 1.54) is 0 Å². The van der Waals surface area contributed by atoms with Crippen molar-refractivity contribution in [2.75, 3.05) is 17.3 Å². The van der Waals surface area contributed by atoms with Gasteiger partial charge >= 0.3 is 6.03 Å². The van der Waals surface area contributed by atoms with Crippen molar-refractivity contribution in [1.82, 2.24) is 5.43 Å². The molecule has 2 amide bonds. The van der Waals surface area contributed by atoms with Gasteiger partial charge in [0.05, 0.1) is 5.69 Å². The van der Waals surface area contributed by atoms with Crippen LogP contribution >= 0.6 is 0 Å². The predicted octanol–water partition coefficient (Wildman–Crippen LogP) is -0.0791. The number of carbonyl (C=O) groups is 1. The molecule has 0 aliphatic carbocycles. The van der Waals surface area contributed by atoms with Gasteiger partial charge in [-0.3, -0.25) is 5.43 Å². The van der Waals surface area contributed by atoms with Crippen molar-refractivity contribution < 1.29 is 9.90 Å². The topological polar surface area (TPSA) is 131 Å². The summed E-state index contributed by atoms with van der Waals surface area (Å²) in [6.07, 6.45) is 0.875. The van der Waals surface area contributed by atoms with Gasteiger partial charge in [-0.05, 0) is 30.7 Å². The van der Waals surface area contributed by atoms with Crippen LogP contribution in [0.3, 0.4) is 0 Å². The van der Waals surface area contributed by atoms with Gasteiger partial charge in [-0.1, -0.05) is 6.92 Å². The van der Waals surface area contributed by atoms with Crippen LogP contribution in [-0.4, -0.2) is 17.7 Å². The molecule has 0 atom stereocenters. The summed E-state index contributed by atoms with van der Waals surface area (Å²) in [6.45, 7) is 2.25. The maximum Gasteiger partial charge on any atom is 0.350 e. The normalized spacial score (nSPS) is 8.94. The van der Waals surface area contributed by atoms with Gasteiger partial charge in [-0.2, -0.15) is 0 Å². The fourth-order valence-corrected chi connectivity index (χ4v) is 0.822. The van der Waals surface area contributed by atoms with Crippen LogP contribution in [0.25, 0.3) is 0 Å². The van der Waals surface area contributed by atoms with Crippen LogP contribution in [0, 0.1) is 0 Å². The number of aliphatic hydroxyl groups excluding tert-OH is 1. The van der Waals surface area contributed by atoms with Crippen molar-refractivity contribution in [2.45, 2.75) is 13.3 Å². The zero-order valence-corrected chi connectivity index (χ0v) is 9.76. The fraction of sp³-hybridized carbons (Fsp3) is 0.300. The number of nitrogens with two attached hydrogens (primary N) is 3. The minimum absolute atomic E-state index is 0.319. The first-order chi connectivity index (χ1) is 8.06. The number of nitrogens with zero attached hydrogens (tertiary/aromatic N) is 1. The van der Waals surface area contributed by atoms with Gasteiger partial charge in [0.15, 0.2) is 0 Å². The van der Waals surface area contributed by atoms with Crippen molar-refractivity contribution in [2.24, 2.45) is 11.7 Å². The quantitative estimate of drug-likeness (QED) is 0.214. The van der Waals surface area contributed by atoms with Crippen molar-refractivity contribution in [3.05, 3.63) is 24.3 Å². The smallest absolute Gasteiger partial charge is 0.350 e. The molecule has 0 fully saturated rings. The number of nitrogens with one attached hydrogen (secondary N) is 1. The molecule has 0 heterocycles. The summed E-state index contributed by atoms with van der Waals surface area (Å²) in [5, 5.41) is 8.76. The molecule has 0 aliphatic rings. The van der Waals surface area contributed by atoms with E-state index in [1.807, 2.05) is 12.3 Å². The fourth-order valence-electron chi connectivity index (χ4n) is 0.822.